The van der Waals surface area contributed by atoms with Crippen LogP contribution in [0.15, 0.2) is 36.0 Å². The summed E-state index contributed by atoms with van der Waals surface area (Å²) in [5.41, 5.74) is 6.32. The summed E-state index contributed by atoms with van der Waals surface area (Å²) >= 11 is 1.66. The minimum atomic E-state index is 0.549. The van der Waals surface area contributed by atoms with Gasteiger partial charge in [-0.05, 0) is 17.5 Å². The van der Waals surface area contributed by atoms with E-state index >= 15 is 0 Å². The summed E-state index contributed by atoms with van der Waals surface area (Å²) in [6.45, 7) is 0.549. The number of nitrogens with zero attached hydrogens (tertiary/aromatic N) is 1. The van der Waals surface area contributed by atoms with Crippen molar-refractivity contribution in [2.75, 3.05) is 5.73 Å². The fourth-order valence-electron chi connectivity index (χ4n) is 1.05. The third-order valence-corrected chi connectivity index (χ3v) is 2.62. The topological polar surface area (TPSA) is 48.1 Å². The molecular weight excluding hydrogens is 196 g/mol. The van der Waals surface area contributed by atoms with Gasteiger partial charge < -0.3 is 10.5 Å². The number of aromatic nitrogens is 1. The van der Waals surface area contributed by atoms with E-state index in [4.69, 9.17) is 10.5 Å². The molecule has 0 aliphatic heterocycles. The Labute approximate surface area is 86.2 Å². The molecule has 0 spiro atoms. The molecule has 0 unspecified atom stereocenters. The van der Waals surface area contributed by atoms with Gasteiger partial charge in [0.25, 0.3) is 0 Å². The van der Waals surface area contributed by atoms with Crippen LogP contribution in [0.3, 0.4) is 0 Å². The third-order valence-electron chi connectivity index (χ3n) is 1.77. The van der Waals surface area contributed by atoms with E-state index in [1.807, 2.05) is 17.5 Å². The first kappa shape index (κ1) is 9.02. The minimum absolute atomic E-state index is 0.549. The van der Waals surface area contributed by atoms with Crippen molar-refractivity contribution in [1.29, 1.82) is 0 Å². The largest absolute Gasteiger partial charge is 0.484 e. The van der Waals surface area contributed by atoms with Crippen LogP contribution in [0.4, 0.5) is 5.69 Å². The third kappa shape index (κ3) is 2.03. The zero-order valence-electron chi connectivity index (χ0n) is 7.51. The molecule has 0 aliphatic carbocycles. The monoisotopic (exact) mass is 206 g/mol. The van der Waals surface area contributed by atoms with E-state index in [-0.39, 0.29) is 0 Å². The molecular formula is C10H10N2OS. The zero-order valence-corrected chi connectivity index (χ0v) is 8.33. The van der Waals surface area contributed by atoms with Crippen molar-refractivity contribution in [3.05, 3.63) is 40.8 Å². The highest BCUT2D eigenvalue weighted by Crippen LogP contribution is 2.20. The molecule has 0 radical (unpaired) electrons. The molecule has 2 rings (SSSR count). The smallest absolute Gasteiger partial charge is 0.160 e. The maximum Gasteiger partial charge on any atom is 0.160 e. The van der Waals surface area contributed by atoms with Crippen LogP contribution in [0.5, 0.6) is 5.75 Å². The predicted molar refractivity (Wildman–Crippen MR) is 57.3 cm³/mol. The molecule has 2 heterocycles. The van der Waals surface area contributed by atoms with Crippen LogP contribution in [0.1, 0.15) is 4.88 Å². The van der Waals surface area contributed by atoms with Crippen LogP contribution in [0, 0.1) is 0 Å². The Hall–Kier alpha value is -1.55. The SMILES string of the molecule is Nc1ccncc1OCc1cccs1. The second-order valence-electron chi connectivity index (χ2n) is 2.78. The number of rotatable bonds is 3. The predicted octanol–water partition coefficient (Wildman–Crippen LogP) is 2.30. The van der Waals surface area contributed by atoms with E-state index in [9.17, 15) is 0 Å². The minimum Gasteiger partial charge on any atom is -0.484 e. The number of hydrogen-bond acceptors (Lipinski definition) is 4. The van der Waals surface area contributed by atoms with Gasteiger partial charge >= 0.3 is 0 Å². The normalized spacial score (nSPS) is 10.0. The Bertz CT molecular complexity index is 400. The van der Waals surface area contributed by atoms with Crippen molar-refractivity contribution in [3.8, 4) is 5.75 Å². The second-order valence-corrected chi connectivity index (χ2v) is 3.81. The van der Waals surface area contributed by atoms with Crippen molar-refractivity contribution < 1.29 is 4.74 Å². The molecule has 4 heteroatoms. The Morgan fingerprint density at radius 1 is 1.43 bits per heavy atom. The van der Waals surface area contributed by atoms with Gasteiger partial charge in [0.15, 0.2) is 5.75 Å². The van der Waals surface area contributed by atoms with Gasteiger partial charge in [0.05, 0.1) is 11.9 Å². The van der Waals surface area contributed by atoms with Crippen LogP contribution >= 0.6 is 11.3 Å². The Kier molecular flexibility index (Phi) is 2.65. The highest BCUT2D eigenvalue weighted by atomic mass is 32.1. The highest BCUT2D eigenvalue weighted by Gasteiger charge is 2.00. The lowest BCUT2D eigenvalue weighted by molar-refractivity contribution is 0.310. The van der Waals surface area contributed by atoms with Crippen molar-refractivity contribution in [2.24, 2.45) is 0 Å². The summed E-state index contributed by atoms with van der Waals surface area (Å²) in [4.78, 5) is 5.12. The molecule has 0 fully saturated rings. The number of pyridine rings is 1. The maximum absolute atomic E-state index is 5.70. The molecule has 0 bridgehead atoms. The van der Waals surface area contributed by atoms with E-state index in [0.717, 1.165) is 0 Å². The van der Waals surface area contributed by atoms with Crippen LogP contribution < -0.4 is 10.5 Å². The van der Waals surface area contributed by atoms with E-state index in [2.05, 4.69) is 4.98 Å². The zero-order chi connectivity index (χ0) is 9.80. The lowest BCUT2D eigenvalue weighted by Crippen LogP contribution is -1.97. The molecule has 3 nitrogen and oxygen atoms in total. The van der Waals surface area contributed by atoms with Crippen molar-refractivity contribution in [3.63, 3.8) is 0 Å². The molecule has 0 saturated carbocycles. The van der Waals surface area contributed by atoms with Gasteiger partial charge in [-0.3, -0.25) is 4.98 Å². The summed E-state index contributed by atoms with van der Waals surface area (Å²) in [6.07, 6.45) is 3.27. The molecule has 0 saturated heterocycles. The van der Waals surface area contributed by atoms with Crippen molar-refractivity contribution in [1.82, 2.24) is 4.98 Å². The number of nitrogens with two attached hydrogens (primary N) is 1. The number of anilines is 1. The molecule has 14 heavy (non-hydrogen) atoms. The molecule has 2 N–H and O–H groups in total. The van der Waals surface area contributed by atoms with E-state index < -0.39 is 0 Å². The van der Waals surface area contributed by atoms with Crippen LogP contribution in [0.25, 0.3) is 0 Å². The standard InChI is InChI=1S/C10H10N2OS/c11-9-3-4-12-6-10(9)13-7-8-2-1-5-14-8/h1-6H,7H2,(H2,11,12). The Balaban J connectivity index is 2.02. The van der Waals surface area contributed by atoms with E-state index in [1.165, 1.54) is 4.88 Å². The van der Waals surface area contributed by atoms with Gasteiger partial charge in [0.2, 0.25) is 0 Å². The molecule has 0 amide bonds. The molecule has 2 aromatic rings. The summed E-state index contributed by atoms with van der Waals surface area (Å²) in [7, 11) is 0. The lowest BCUT2D eigenvalue weighted by Gasteiger charge is -2.05. The molecule has 0 aromatic carbocycles. The fourth-order valence-corrected chi connectivity index (χ4v) is 1.67. The van der Waals surface area contributed by atoms with Crippen molar-refractivity contribution in [2.45, 2.75) is 6.61 Å². The molecule has 0 aliphatic rings. The average molecular weight is 206 g/mol. The number of thiophene rings is 1. The fraction of sp³-hybridized carbons (Fsp3) is 0.100. The summed E-state index contributed by atoms with van der Waals surface area (Å²) in [5.74, 6) is 0.640. The van der Waals surface area contributed by atoms with Gasteiger partial charge in [-0.2, -0.15) is 0 Å². The Morgan fingerprint density at radius 2 is 2.36 bits per heavy atom. The molecule has 72 valence electrons. The number of nitrogen functional groups attached to an aromatic ring is 1. The first-order valence-corrected chi connectivity index (χ1v) is 5.09. The van der Waals surface area contributed by atoms with Crippen LogP contribution in [-0.4, -0.2) is 4.98 Å². The van der Waals surface area contributed by atoms with Gasteiger partial charge in [-0.1, -0.05) is 6.07 Å². The Morgan fingerprint density at radius 3 is 3.07 bits per heavy atom. The maximum atomic E-state index is 5.70. The number of ether oxygens (including phenoxy) is 1. The first-order chi connectivity index (χ1) is 6.86. The van der Waals surface area contributed by atoms with Gasteiger partial charge in [0.1, 0.15) is 6.61 Å². The van der Waals surface area contributed by atoms with Crippen molar-refractivity contribution >= 4 is 17.0 Å². The second kappa shape index (κ2) is 4.11. The van der Waals surface area contributed by atoms with Gasteiger partial charge in [0, 0.05) is 11.1 Å². The van der Waals surface area contributed by atoms with Crippen LogP contribution in [-0.2, 0) is 6.61 Å². The average Bonchev–Trinajstić information content (AvgIpc) is 2.69. The van der Waals surface area contributed by atoms with E-state index in [0.29, 0.717) is 18.0 Å². The summed E-state index contributed by atoms with van der Waals surface area (Å²) < 4.78 is 5.50. The quantitative estimate of drug-likeness (QED) is 0.838. The first-order valence-electron chi connectivity index (χ1n) is 4.21. The lowest BCUT2D eigenvalue weighted by atomic mass is 10.4. The molecule has 0 atom stereocenters. The van der Waals surface area contributed by atoms with Gasteiger partial charge in [-0.15, -0.1) is 11.3 Å². The molecule has 2 aromatic heterocycles. The van der Waals surface area contributed by atoms with Gasteiger partial charge in [-0.25, -0.2) is 0 Å². The van der Waals surface area contributed by atoms with Crippen LogP contribution in [0.2, 0.25) is 0 Å². The summed E-state index contributed by atoms with van der Waals surface area (Å²) in [5, 5.41) is 2.02. The van der Waals surface area contributed by atoms with E-state index in [1.54, 1.807) is 29.8 Å². The highest BCUT2D eigenvalue weighted by molar-refractivity contribution is 7.09. The summed E-state index contributed by atoms with van der Waals surface area (Å²) in [6, 6.07) is 5.75. The number of hydrogen-bond donors (Lipinski definition) is 1.